The molecule has 2 aromatic rings. The molecule has 0 bridgehead atoms. The van der Waals surface area contributed by atoms with Crippen LogP contribution in [0.25, 0.3) is 6.08 Å². The Morgan fingerprint density at radius 1 is 0.960 bits per heavy atom. The van der Waals surface area contributed by atoms with Gasteiger partial charge in [-0.2, -0.15) is 0 Å². The molecule has 5 nitrogen and oxygen atoms in total. The summed E-state index contributed by atoms with van der Waals surface area (Å²) in [6.07, 6.45) is 1.95. The number of methoxy groups -OCH3 is 2. The Hall–Kier alpha value is -3.08. The molecule has 1 unspecified atom stereocenters. The van der Waals surface area contributed by atoms with Crippen LogP contribution in [0.5, 0.6) is 11.5 Å². The van der Waals surface area contributed by atoms with Gasteiger partial charge in [-0.05, 0) is 19.1 Å². The Morgan fingerprint density at radius 3 is 2.32 bits per heavy atom. The van der Waals surface area contributed by atoms with Gasteiger partial charge < -0.3 is 14.2 Å². The molecule has 130 valence electrons. The number of ether oxygens (including phenoxy) is 3. The van der Waals surface area contributed by atoms with E-state index in [-0.39, 0.29) is 5.78 Å². The van der Waals surface area contributed by atoms with Crippen molar-refractivity contribution in [2.24, 2.45) is 0 Å². The van der Waals surface area contributed by atoms with Gasteiger partial charge in [-0.15, -0.1) is 0 Å². The molecule has 0 aliphatic carbocycles. The summed E-state index contributed by atoms with van der Waals surface area (Å²) < 4.78 is 15.7. The molecule has 0 amide bonds. The summed E-state index contributed by atoms with van der Waals surface area (Å²) in [5.74, 6) is 0.219. The molecule has 2 aromatic carbocycles. The number of carbonyl (C=O) groups excluding carboxylic acids is 2. The van der Waals surface area contributed by atoms with Crippen LogP contribution in [0.1, 0.15) is 22.8 Å². The Bertz CT molecular complexity index is 765. The van der Waals surface area contributed by atoms with Crippen LogP contribution in [0, 0.1) is 0 Å². The lowest BCUT2D eigenvalue weighted by Crippen LogP contribution is -2.23. The highest BCUT2D eigenvalue weighted by Crippen LogP contribution is 2.31. The smallest absolute Gasteiger partial charge is 0.331 e. The second kappa shape index (κ2) is 8.68. The monoisotopic (exact) mass is 340 g/mol. The lowest BCUT2D eigenvalue weighted by molar-refractivity contribution is -0.140. The zero-order chi connectivity index (χ0) is 18.2. The van der Waals surface area contributed by atoms with Crippen molar-refractivity contribution >= 4 is 17.8 Å². The van der Waals surface area contributed by atoms with E-state index in [4.69, 9.17) is 14.2 Å². The van der Waals surface area contributed by atoms with Gasteiger partial charge in [-0.3, -0.25) is 4.79 Å². The molecule has 0 aliphatic heterocycles. The first-order chi connectivity index (χ1) is 12.1. The fourth-order valence-corrected chi connectivity index (χ4v) is 2.31. The number of hydrogen-bond donors (Lipinski definition) is 0. The van der Waals surface area contributed by atoms with Crippen molar-refractivity contribution in [3.63, 3.8) is 0 Å². The molecule has 25 heavy (non-hydrogen) atoms. The number of benzene rings is 2. The van der Waals surface area contributed by atoms with E-state index in [2.05, 4.69) is 0 Å². The molecule has 0 heterocycles. The molecule has 2 rings (SSSR count). The van der Waals surface area contributed by atoms with E-state index in [1.807, 2.05) is 6.07 Å². The first-order valence-electron chi connectivity index (χ1n) is 7.75. The predicted molar refractivity (Wildman–Crippen MR) is 94.9 cm³/mol. The molecule has 0 saturated heterocycles. The van der Waals surface area contributed by atoms with Gasteiger partial charge in [0.05, 0.1) is 14.2 Å². The standard InChI is InChI=1S/C20H20O5/c1-14(19(22)15-8-5-4-6-9-15)25-18(21)13-12-16-10-7-11-17(23-2)20(16)24-3/h4-14H,1-3H3. The third-order valence-corrected chi connectivity index (χ3v) is 3.55. The fraction of sp³-hybridized carbons (Fsp3) is 0.200. The molecule has 0 N–H and O–H groups in total. The summed E-state index contributed by atoms with van der Waals surface area (Å²) in [6, 6.07) is 14.0. The molecule has 0 spiro atoms. The minimum Gasteiger partial charge on any atom is -0.493 e. The number of rotatable bonds is 7. The largest absolute Gasteiger partial charge is 0.493 e. The van der Waals surface area contributed by atoms with Crippen LogP contribution in [0.2, 0.25) is 0 Å². The maximum Gasteiger partial charge on any atom is 0.331 e. The first kappa shape index (κ1) is 18.3. The number of hydrogen-bond acceptors (Lipinski definition) is 5. The maximum absolute atomic E-state index is 12.2. The molecule has 0 fully saturated rings. The Balaban J connectivity index is 2.05. The highest BCUT2D eigenvalue weighted by Gasteiger charge is 2.18. The zero-order valence-electron chi connectivity index (χ0n) is 14.4. The predicted octanol–water partition coefficient (Wildman–Crippen LogP) is 3.53. The van der Waals surface area contributed by atoms with E-state index in [0.29, 0.717) is 22.6 Å². The van der Waals surface area contributed by atoms with E-state index in [9.17, 15) is 9.59 Å². The summed E-state index contributed by atoms with van der Waals surface area (Å²) in [4.78, 5) is 24.2. The second-order valence-electron chi connectivity index (χ2n) is 5.23. The van der Waals surface area contributed by atoms with Crippen molar-refractivity contribution in [3.05, 3.63) is 65.7 Å². The topological polar surface area (TPSA) is 61.8 Å². The van der Waals surface area contributed by atoms with Gasteiger partial charge in [-0.25, -0.2) is 4.79 Å². The molecule has 5 heteroatoms. The van der Waals surface area contributed by atoms with Gasteiger partial charge in [0.2, 0.25) is 5.78 Å². The van der Waals surface area contributed by atoms with E-state index in [1.165, 1.54) is 20.3 Å². The summed E-state index contributed by atoms with van der Waals surface area (Å²) >= 11 is 0. The first-order valence-corrected chi connectivity index (χ1v) is 7.75. The third kappa shape index (κ3) is 4.70. The fourth-order valence-electron chi connectivity index (χ4n) is 2.31. The Kier molecular flexibility index (Phi) is 6.34. The number of para-hydroxylation sites is 1. The summed E-state index contributed by atoms with van der Waals surface area (Å²) in [7, 11) is 3.06. The van der Waals surface area contributed by atoms with E-state index in [1.54, 1.807) is 55.5 Å². The normalized spacial score (nSPS) is 11.8. The van der Waals surface area contributed by atoms with Crippen molar-refractivity contribution in [1.82, 2.24) is 0 Å². The van der Waals surface area contributed by atoms with E-state index >= 15 is 0 Å². The van der Waals surface area contributed by atoms with Crippen LogP contribution in [-0.4, -0.2) is 32.1 Å². The van der Waals surface area contributed by atoms with Crippen LogP contribution >= 0.6 is 0 Å². The van der Waals surface area contributed by atoms with E-state index in [0.717, 1.165) is 0 Å². The summed E-state index contributed by atoms with van der Waals surface area (Å²) in [5, 5.41) is 0. The van der Waals surface area contributed by atoms with Gasteiger partial charge in [0, 0.05) is 17.2 Å². The van der Waals surface area contributed by atoms with Crippen LogP contribution in [0.3, 0.4) is 0 Å². The molecule has 0 aromatic heterocycles. The van der Waals surface area contributed by atoms with Gasteiger partial charge in [-0.1, -0.05) is 42.5 Å². The second-order valence-corrected chi connectivity index (χ2v) is 5.23. The third-order valence-electron chi connectivity index (χ3n) is 3.55. The minimum atomic E-state index is -0.869. The molecule has 0 saturated carbocycles. The zero-order valence-corrected chi connectivity index (χ0v) is 14.4. The van der Waals surface area contributed by atoms with Crippen molar-refractivity contribution in [3.8, 4) is 11.5 Å². The quantitative estimate of drug-likeness (QED) is 0.438. The van der Waals surface area contributed by atoms with Crippen LogP contribution < -0.4 is 9.47 Å². The highest BCUT2D eigenvalue weighted by molar-refractivity contribution is 6.01. The Morgan fingerprint density at radius 2 is 1.68 bits per heavy atom. The van der Waals surface area contributed by atoms with Gasteiger partial charge >= 0.3 is 5.97 Å². The van der Waals surface area contributed by atoms with Crippen LogP contribution in [0.4, 0.5) is 0 Å². The molecular formula is C20H20O5. The Labute approximate surface area is 146 Å². The molecule has 0 aliphatic rings. The average Bonchev–Trinajstić information content (AvgIpc) is 2.65. The number of Topliss-reactive ketones (excluding diaryl/α,β-unsaturated/α-hetero) is 1. The molecular weight excluding hydrogens is 320 g/mol. The number of esters is 1. The maximum atomic E-state index is 12.2. The number of ketones is 1. The average molecular weight is 340 g/mol. The highest BCUT2D eigenvalue weighted by atomic mass is 16.5. The van der Waals surface area contributed by atoms with Crippen molar-refractivity contribution < 1.29 is 23.8 Å². The van der Waals surface area contributed by atoms with Gasteiger partial charge in [0.1, 0.15) is 0 Å². The minimum absolute atomic E-state index is 0.249. The lowest BCUT2D eigenvalue weighted by atomic mass is 10.1. The summed E-state index contributed by atoms with van der Waals surface area (Å²) in [5.41, 5.74) is 1.17. The summed E-state index contributed by atoms with van der Waals surface area (Å²) in [6.45, 7) is 1.55. The number of carbonyl (C=O) groups is 2. The van der Waals surface area contributed by atoms with Crippen LogP contribution in [0.15, 0.2) is 54.6 Å². The SMILES string of the molecule is COc1cccc(C=CC(=O)OC(C)C(=O)c2ccccc2)c1OC. The van der Waals surface area contributed by atoms with Gasteiger partial charge in [0.15, 0.2) is 17.6 Å². The molecule has 1 atom stereocenters. The van der Waals surface area contributed by atoms with E-state index < -0.39 is 12.1 Å². The van der Waals surface area contributed by atoms with Crippen molar-refractivity contribution in [2.45, 2.75) is 13.0 Å². The van der Waals surface area contributed by atoms with Crippen LogP contribution in [-0.2, 0) is 9.53 Å². The van der Waals surface area contributed by atoms with Crippen molar-refractivity contribution in [2.75, 3.05) is 14.2 Å². The van der Waals surface area contributed by atoms with Gasteiger partial charge in [0.25, 0.3) is 0 Å². The lowest BCUT2D eigenvalue weighted by Gasteiger charge is -2.11. The molecule has 0 radical (unpaired) electrons. The van der Waals surface area contributed by atoms with Crippen molar-refractivity contribution in [1.29, 1.82) is 0 Å².